The van der Waals surface area contributed by atoms with Crippen LogP contribution >= 0.6 is 0 Å². The van der Waals surface area contributed by atoms with Crippen molar-refractivity contribution in [1.82, 2.24) is 10.3 Å². The number of amides is 1. The predicted octanol–water partition coefficient (Wildman–Crippen LogP) is 3.46. The third-order valence-electron chi connectivity index (χ3n) is 4.11. The van der Waals surface area contributed by atoms with Gasteiger partial charge in [-0.05, 0) is 49.7 Å². The van der Waals surface area contributed by atoms with E-state index in [1.807, 2.05) is 12.1 Å². The van der Waals surface area contributed by atoms with Crippen molar-refractivity contribution < 1.29 is 4.79 Å². The van der Waals surface area contributed by atoms with Gasteiger partial charge in [0.15, 0.2) is 0 Å². The molecule has 0 aromatic carbocycles. The molecule has 1 aliphatic carbocycles. The van der Waals surface area contributed by atoms with E-state index in [2.05, 4.69) is 36.4 Å². The molecule has 2 unspecified atom stereocenters. The summed E-state index contributed by atoms with van der Waals surface area (Å²) in [6.07, 6.45) is 6.15. The fraction of sp³-hybridized carbons (Fsp3) is 0.647. The second-order valence-electron chi connectivity index (χ2n) is 6.41. The monoisotopic (exact) mass is 289 g/mol. The lowest BCUT2D eigenvalue weighted by Crippen LogP contribution is -2.40. The minimum Gasteiger partial charge on any atom is -0.369 e. The van der Waals surface area contributed by atoms with E-state index in [-0.39, 0.29) is 11.9 Å². The molecule has 2 atom stereocenters. The zero-order valence-electron chi connectivity index (χ0n) is 13.4. The lowest BCUT2D eigenvalue weighted by Gasteiger charge is -2.32. The first-order valence-electron chi connectivity index (χ1n) is 8.09. The number of aromatic nitrogens is 1. The highest BCUT2D eigenvalue weighted by molar-refractivity contribution is 5.98. The number of pyridine rings is 1. The Kier molecular flexibility index (Phi) is 5.59. The standard InChI is InChI=1S/C17H27N3O/c1-4-7-18-16-15(6-5-8-19-16)17(21)20-14-10-12(2)9-13(3)11-14/h5-6,8,12-14H,4,7,9-11H2,1-3H3,(H,18,19)(H,20,21). The zero-order valence-corrected chi connectivity index (χ0v) is 13.4. The van der Waals surface area contributed by atoms with Crippen LogP contribution in [0.5, 0.6) is 0 Å². The van der Waals surface area contributed by atoms with E-state index in [1.165, 1.54) is 6.42 Å². The van der Waals surface area contributed by atoms with Gasteiger partial charge in [0.2, 0.25) is 0 Å². The lowest BCUT2D eigenvalue weighted by molar-refractivity contribution is 0.0911. The van der Waals surface area contributed by atoms with Crippen molar-refractivity contribution in [1.29, 1.82) is 0 Å². The van der Waals surface area contributed by atoms with Crippen LogP contribution in [0.2, 0.25) is 0 Å². The molecule has 4 nitrogen and oxygen atoms in total. The molecule has 1 aromatic rings. The van der Waals surface area contributed by atoms with Crippen molar-refractivity contribution in [2.75, 3.05) is 11.9 Å². The van der Waals surface area contributed by atoms with Crippen LogP contribution in [0.1, 0.15) is 56.8 Å². The topological polar surface area (TPSA) is 54.0 Å². The molecule has 0 aliphatic heterocycles. The van der Waals surface area contributed by atoms with E-state index in [0.717, 1.165) is 25.8 Å². The van der Waals surface area contributed by atoms with E-state index < -0.39 is 0 Å². The first kappa shape index (κ1) is 15.8. The summed E-state index contributed by atoms with van der Waals surface area (Å²) in [5, 5.41) is 6.42. The third kappa shape index (κ3) is 4.45. The van der Waals surface area contributed by atoms with E-state index in [9.17, 15) is 4.79 Å². The van der Waals surface area contributed by atoms with E-state index in [1.54, 1.807) is 6.20 Å². The summed E-state index contributed by atoms with van der Waals surface area (Å²) >= 11 is 0. The summed E-state index contributed by atoms with van der Waals surface area (Å²) in [6, 6.07) is 3.95. The van der Waals surface area contributed by atoms with Crippen LogP contribution in [0.4, 0.5) is 5.82 Å². The van der Waals surface area contributed by atoms with Crippen molar-refractivity contribution >= 4 is 11.7 Å². The van der Waals surface area contributed by atoms with Crippen LogP contribution in [-0.4, -0.2) is 23.5 Å². The second kappa shape index (κ2) is 7.43. The molecule has 1 aromatic heterocycles. The highest BCUT2D eigenvalue weighted by atomic mass is 16.1. The maximum absolute atomic E-state index is 12.5. The Morgan fingerprint density at radius 3 is 2.67 bits per heavy atom. The normalized spacial score (nSPS) is 25.4. The van der Waals surface area contributed by atoms with Crippen LogP contribution in [0.3, 0.4) is 0 Å². The average Bonchev–Trinajstić information content (AvgIpc) is 2.44. The van der Waals surface area contributed by atoms with Crippen molar-refractivity contribution in [2.45, 2.75) is 52.5 Å². The second-order valence-corrected chi connectivity index (χ2v) is 6.41. The highest BCUT2D eigenvalue weighted by Gasteiger charge is 2.26. The van der Waals surface area contributed by atoms with Gasteiger partial charge in [-0.15, -0.1) is 0 Å². The molecule has 0 saturated heterocycles. The quantitative estimate of drug-likeness (QED) is 0.873. The third-order valence-corrected chi connectivity index (χ3v) is 4.11. The molecule has 1 saturated carbocycles. The first-order valence-corrected chi connectivity index (χ1v) is 8.09. The molecule has 4 heteroatoms. The molecule has 2 N–H and O–H groups in total. The summed E-state index contributed by atoms with van der Waals surface area (Å²) in [5.74, 6) is 2.05. The fourth-order valence-corrected chi connectivity index (χ4v) is 3.30. The number of hydrogen-bond donors (Lipinski definition) is 2. The van der Waals surface area contributed by atoms with Crippen molar-refractivity contribution in [3.63, 3.8) is 0 Å². The Balaban J connectivity index is 2.02. The fourth-order valence-electron chi connectivity index (χ4n) is 3.30. The van der Waals surface area contributed by atoms with Gasteiger partial charge in [-0.3, -0.25) is 4.79 Å². The minimum absolute atomic E-state index is 0.00648. The van der Waals surface area contributed by atoms with Crippen LogP contribution < -0.4 is 10.6 Å². The van der Waals surface area contributed by atoms with Crippen LogP contribution in [-0.2, 0) is 0 Å². The van der Waals surface area contributed by atoms with E-state index in [0.29, 0.717) is 23.2 Å². The van der Waals surface area contributed by atoms with Crippen LogP contribution in [0, 0.1) is 11.8 Å². The molecular formula is C17H27N3O. The number of nitrogens with one attached hydrogen (secondary N) is 2. The lowest BCUT2D eigenvalue weighted by atomic mass is 9.80. The van der Waals surface area contributed by atoms with E-state index in [4.69, 9.17) is 0 Å². The maximum Gasteiger partial charge on any atom is 0.255 e. The van der Waals surface area contributed by atoms with Crippen molar-refractivity contribution in [3.05, 3.63) is 23.9 Å². The van der Waals surface area contributed by atoms with Gasteiger partial charge in [0.1, 0.15) is 5.82 Å². The summed E-state index contributed by atoms with van der Waals surface area (Å²) < 4.78 is 0. The Hall–Kier alpha value is -1.58. The highest BCUT2D eigenvalue weighted by Crippen LogP contribution is 2.28. The Morgan fingerprint density at radius 2 is 2.00 bits per heavy atom. The largest absolute Gasteiger partial charge is 0.369 e. The van der Waals surface area contributed by atoms with Gasteiger partial charge in [0, 0.05) is 18.8 Å². The maximum atomic E-state index is 12.5. The molecule has 2 rings (SSSR count). The van der Waals surface area contributed by atoms with Gasteiger partial charge >= 0.3 is 0 Å². The number of nitrogens with zero attached hydrogens (tertiary/aromatic N) is 1. The summed E-state index contributed by atoms with van der Waals surface area (Å²) in [6.45, 7) is 7.47. The minimum atomic E-state index is -0.00648. The smallest absolute Gasteiger partial charge is 0.255 e. The first-order chi connectivity index (χ1) is 10.1. The van der Waals surface area contributed by atoms with Crippen LogP contribution in [0.15, 0.2) is 18.3 Å². The SMILES string of the molecule is CCCNc1ncccc1C(=O)NC1CC(C)CC(C)C1. The van der Waals surface area contributed by atoms with Crippen LogP contribution in [0.25, 0.3) is 0 Å². The van der Waals surface area contributed by atoms with Gasteiger partial charge < -0.3 is 10.6 Å². The number of carbonyl (C=O) groups is 1. The molecule has 21 heavy (non-hydrogen) atoms. The molecule has 1 fully saturated rings. The molecule has 0 spiro atoms. The predicted molar refractivity (Wildman–Crippen MR) is 86.5 cm³/mol. The number of hydrogen-bond acceptors (Lipinski definition) is 3. The number of carbonyl (C=O) groups excluding carboxylic acids is 1. The van der Waals surface area contributed by atoms with Crippen molar-refractivity contribution in [2.24, 2.45) is 11.8 Å². The summed E-state index contributed by atoms with van der Waals surface area (Å²) in [4.78, 5) is 16.8. The Labute approximate surface area is 127 Å². The number of rotatable bonds is 5. The molecule has 0 bridgehead atoms. The molecule has 116 valence electrons. The van der Waals surface area contributed by atoms with Gasteiger partial charge in [-0.2, -0.15) is 0 Å². The Bertz CT molecular complexity index is 465. The molecular weight excluding hydrogens is 262 g/mol. The molecule has 1 amide bonds. The molecule has 0 radical (unpaired) electrons. The average molecular weight is 289 g/mol. The molecule has 1 aliphatic rings. The van der Waals surface area contributed by atoms with Gasteiger partial charge in [0.25, 0.3) is 5.91 Å². The zero-order chi connectivity index (χ0) is 15.2. The number of anilines is 1. The van der Waals surface area contributed by atoms with Gasteiger partial charge in [0.05, 0.1) is 5.56 Å². The van der Waals surface area contributed by atoms with Crippen molar-refractivity contribution in [3.8, 4) is 0 Å². The molecule has 1 heterocycles. The summed E-state index contributed by atoms with van der Waals surface area (Å²) in [7, 11) is 0. The Morgan fingerprint density at radius 1 is 1.29 bits per heavy atom. The van der Waals surface area contributed by atoms with E-state index >= 15 is 0 Å². The summed E-state index contributed by atoms with van der Waals surface area (Å²) in [5.41, 5.74) is 0.650. The van der Waals surface area contributed by atoms with Gasteiger partial charge in [-0.1, -0.05) is 20.8 Å². The van der Waals surface area contributed by atoms with Gasteiger partial charge in [-0.25, -0.2) is 4.98 Å².